The first-order chi connectivity index (χ1) is 47.1. The molecule has 3 aliphatic rings. The van der Waals surface area contributed by atoms with E-state index in [0.717, 1.165) is 8.95 Å². The fraction of sp³-hybridized carbons (Fsp3) is 0.0455. The lowest BCUT2D eigenvalue weighted by Gasteiger charge is -2.46. The molecule has 464 valence electrons. The van der Waals surface area contributed by atoms with Crippen molar-refractivity contribution in [1.82, 2.24) is 0 Å². The van der Waals surface area contributed by atoms with Gasteiger partial charge in [-0.2, -0.15) is 0 Å². The number of nitrogens with one attached hydrogen (secondary N) is 1. The number of halogens is 2. The Morgan fingerprint density at radius 3 is 0.708 bits per heavy atom. The Morgan fingerprint density at radius 1 is 0.219 bits per heavy atom. The van der Waals surface area contributed by atoms with Crippen LogP contribution in [0.2, 0.25) is 0 Å². The first-order valence-corrected chi connectivity index (χ1v) is 40.5. The molecule has 96 heavy (non-hydrogen) atoms. The van der Waals surface area contributed by atoms with E-state index in [9.17, 15) is 0 Å². The fourth-order valence-electron chi connectivity index (χ4n) is 15.7. The van der Waals surface area contributed by atoms with Crippen molar-refractivity contribution in [1.29, 1.82) is 0 Å². The van der Waals surface area contributed by atoms with Gasteiger partial charge in [-0.25, -0.2) is 0 Å². The number of nitrogens with zero attached hydrogens (tertiary/aromatic N) is 2. The quantitative estimate of drug-likeness (QED) is 0.153. The molecular formula is C88H71Br2N3Si3. The first-order valence-electron chi connectivity index (χ1n) is 33.0. The lowest BCUT2D eigenvalue weighted by atomic mass is 10.0. The van der Waals surface area contributed by atoms with E-state index in [1.165, 1.54) is 130 Å². The highest BCUT2D eigenvalue weighted by Gasteiger charge is 2.51. The molecule has 17 rings (SSSR count). The molecule has 0 unspecified atom stereocenters. The highest BCUT2D eigenvalue weighted by Crippen LogP contribution is 2.46. The summed E-state index contributed by atoms with van der Waals surface area (Å²) >= 11 is 6.90. The van der Waals surface area contributed by atoms with Gasteiger partial charge in [-0.1, -0.05) is 335 Å². The minimum Gasteiger partial charge on any atom is -0.356 e. The fourth-order valence-corrected chi connectivity index (χ4v) is 32.0. The summed E-state index contributed by atoms with van der Waals surface area (Å²) in [5, 5.41) is 20.5. The zero-order valence-electron chi connectivity index (χ0n) is 54.1. The monoisotopic (exact) mass is 1410 g/mol. The Morgan fingerprint density at radius 2 is 0.438 bits per heavy atom. The van der Waals surface area contributed by atoms with Crippen LogP contribution in [0, 0.1) is 27.7 Å². The lowest BCUT2D eigenvalue weighted by molar-refractivity contribution is 1.20. The summed E-state index contributed by atoms with van der Waals surface area (Å²) in [6.45, 7) is 8.74. The highest BCUT2D eigenvalue weighted by molar-refractivity contribution is 9.11. The molecule has 3 heterocycles. The van der Waals surface area contributed by atoms with Crippen molar-refractivity contribution in [2.75, 3.05) is 15.1 Å². The van der Waals surface area contributed by atoms with Crippen LogP contribution in [0.3, 0.4) is 0 Å². The molecule has 3 nitrogen and oxygen atoms in total. The summed E-state index contributed by atoms with van der Waals surface area (Å²) in [6, 6.07) is 131. The SMILES string of the molecule is Cc1cc(C)c(Br)cc1Br.Cc1cc(C)c(N2c3ccccc3[Si](c3ccccc3)(c3ccccc3)c3ccccc32)cc1N1c2ccccc2[Si](c2ccccc2)(c2ccccc2)c2ccccc21.c1ccc([Si]2(c3ccccc3)c3ccccc3Nc3ccccc32)cc1. The molecule has 0 radical (unpaired) electrons. The van der Waals surface area contributed by atoms with E-state index in [-0.39, 0.29) is 0 Å². The zero-order valence-corrected chi connectivity index (χ0v) is 60.3. The molecule has 0 saturated carbocycles. The van der Waals surface area contributed by atoms with Crippen LogP contribution in [0.5, 0.6) is 0 Å². The van der Waals surface area contributed by atoms with Gasteiger partial charge >= 0.3 is 0 Å². The largest absolute Gasteiger partial charge is 0.356 e. The number of fused-ring (bicyclic) bond motifs is 6. The number of rotatable bonds is 8. The molecule has 0 aromatic heterocycles. The summed E-state index contributed by atoms with van der Waals surface area (Å²) in [6.07, 6.45) is 0. The van der Waals surface area contributed by atoms with Crippen molar-refractivity contribution in [3.8, 4) is 0 Å². The third-order valence-corrected chi connectivity index (χ3v) is 36.1. The second-order valence-electron chi connectivity index (χ2n) is 25.2. The van der Waals surface area contributed by atoms with E-state index < -0.39 is 24.2 Å². The average Bonchev–Trinajstić information content (AvgIpc) is 0.699. The Balaban J connectivity index is 0.000000171. The van der Waals surface area contributed by atoms with Crippen LogP contribution in [-0.4, -0.2) is 24.2 Å². The van der Waals surface area contributed by atoms with Crippen molar-refractivity contribution >= 4 is 164 Å². The standard InChI is InChI=1S/C56H44N2Si2.C24H19NSi.C8H8Br2/c1-41-39-42(2)52(58-49-33-17-21-37-55(49)60(45-27-11-5-12-28-45,46-29-13-6-14-30-46)56-38-22-18-34-50(56)58)40-51(41)57-47-31-15-19-35-53(47)59(43-23-7-3-8-24-43,44-25-9-4-10-26-44)54-36-20-16-32-48(54)57;1-3-11-19(12-4-1)26(20-13-5-2-6-14-20)23-17-9-7-15-21(23)25-22-16-8-10-18-24(22)26;1-5-3-6(2)8(10)4-7(5)9/h3-40H,1-2H3;1-18,25H;3-4H,1-2H3. The summed E-state index contributed by atoms with van der Waals surface area (Å²) in [5.41, 5.74) is 14.8. The second-order valence-corrected chi connectivity index (χ2v) is 38.1. The molecule has 0 spiro atoms. The van der Waals surface area contributed by atoms with E-state index in [4.69, 9.17) is 0 Å². The third-order valence-electron chi connectivity index (χ3n) is 19.8. The number of para-hydroxylation sites is 6. The van der Waals surface area contributed by atoms with Gasteiger partial charge in [0.15, 0.2) is 24.2 Å². The number of benzene rings is 14. The minimum atomic E-state index is -2.75. The maximum absolute atomic E-state index is 3.67. The van der Waals surface area contributed by atoms with E-state index in [2.05, 4.69) is 427 Å². The molecule has 14 aromatic carbocycles. The van der Waals surface area contributed by atoms with Crippen molar-refractivity contribution in [3.05, 3.63) is 383 Å². The molecule has 0 saturated heterocycles. The van der Waals surface area contributed by atoms with Gasteiger partial charge in [0.2, 0.25) is 0 Å². The van der Waals surface area contributed by atoms with E-state index in [1.807, 2.05) is 0 Å². The van der Waals surface area contributed by atoms with Crippen molar-refractivity contribution in [2.24, 2.45) is 0 Å². The second kappa shape index (κ2) is 26.4. The molecule has 0 bridgehead atoms. The molecule has 0 amide bonds. The normalized spacial score (nSPS) is 13.8. The van der Waals surface area contributed by atoms with Crippen LogP contribution in [0.15, 0.2) is 361 Å². The van der Waals surface area contributed by atoms with Crippen LogP contribution in [0.1, 0.15) is 22.3 Å². The Bertz CT molecular complexity index is 4610. The molecule has 1 N–H and O–H groups in total. The molecule has 0 fully saturated rings. The van der Waals surface area contributed by atoms with Crippen LogP contribution in [-0.2, 0) is 0 Å². The summed E-state index contributed by atoms with van der Waals surface area (Å²) < 4.78 is 2.31. The van der Waals surface area contributed by atoms with Gasteiger partial charge in [-0.05, 0) is 161 Å². The van der Waals surface area contributed by atoms with E-state index in [1.54, 1.807) is 0 Å². The number of anilines is 8. The van der Waals surface area contributed by atoms with Crippen molar-refractivity contribution in [3.63, 3.8) is 0 Å². The summed E-state index contributed by atoms with van der Waals surface area (Å²) in [5.74, 6) is 0. The first kappa shape index (κ1) is 62.2. The van der Waals surface area contributed by atoms with Gasteiger partial charge in [-0.15, -0.1) is 0 Å². The average molecular weight is 1410 g/mol. The van der Waals surface area contributed by atoms with Gasteiger partial charge in [0.25, 0.3) is 0 Å². The van der Waals surface area contributed by atoms with Gasteiger partial charge in [0.05, 0.1) is 11.4 Å². The lowest BCUT2D eigenvalue weighted by Crippen LogP contribution is -2.77. The topological polar surface area (TPSA) is 18.5 Å². The zero-order chi connectivity index (χ0) is 65.4. The van der Waals surface area contributed by atoms with Crippen molar-refractivity contribution in [2.45, 2.75) is 27.7 Å². The predicted octanol–water partition coefficient (Wildman–Crippen LogP) is 15.6. The highest BCUT2D eigenvalue weighted by atomic mass is 79.9. The molecule has 14 aromatic rings. The minimum absolute atomic E-state index is 1.16. The maximum Gasteiger partial charge on any atom is 0.184 e. The smallest absolute Gasteiger partial charge is 0.184 e. The molecule has 3 aliphatic heterocycles. The van der Waals surface area contributed by atoms with Gasteiger partial charge in [0.1, 0.15) is 0 Å². The predicted molar refractivity (Wildman–Crippen MR) is 424 cm³/mol. The Hall–Kier alpha value is -9.91. The molecule has 0 atom stereocenters. The summed E-state index contributed by atoms with van der Waals surface area (Å²) in [7, 11) is -7.83. The van der Waals surface area contributed by atoms with Gasteiger partial charge < -0.3 is 15.1 Å². The maximum atomic E-state index is 3.67. The van der Waals surface area contributed by atoms with E-state index >= 15 is 0 Å². The van der Waals surface area contributed by atoms with Crippen LogP contribution < -0.4 is 77.4 Å². The van der Waals surface area contributed by atoms with Gasteiger partial charge in [0, 0.05) is 43.1 Å². The number of hydrogen-bond acceptors (Lipinski definition) is 3. The molecule has 8 heteroatoms. The van der Waals surface area contributed by atoms with Crippen LogP contribution in [0.4, 0.5) is 45.5 Å². The molecular weight excluding hydrogens is 1340 g/mol. The van der Waals surface area contributed by atoms with Crippen LogP contribution >= 0.6 is 31.9 Å². The third kappa shape index (κ3) is 10.4. The van der Waals surface area contributed by atoms with Crippen LogP contribution in [0.25, 0.3) is 0 Å². The van der Waals surface area contributed by atoms with E-state index in [0.29, 0.717) is 0 Å². The van der Waals surface area contributed by atoms with Crippen molar-refractivity contribution < 1.29 is 0 Å². The Labute approximate surface area is 585 Å². The Kier molecular flexibility index (Phi) is 17.1. The van der Waals surface area contributed by atoms with Gasteiger partial charge in [-0.3, -0.25) is 0 Å². The number of aryl methyl sites for hydroxylation is 4. The molecule has 0 aliphatic carbocycles. The number of hydrogen-bond donors (Lipinski definition) is 1. The summed E-state index contributed by atoms with van der Waals surface area (Å²) in [4.78, 5) is 5.13.